The molecule has 0 aromatic carbocycles. The van der Waals surface area contributed by atoms with E-state index < -0.39 is 0 Å². The number of hydrogen-bond acceptors (Lipinski definition) is 4. The third-order valence-electron chi connectivity index (χ3n) is 2.19. The van der Waals surface area contributed by atoms with Gasteiger partial charge in [0.05, 0.1) is 5.02 Å². The van der Waals surface area contributed by atoms with Crippen LogP contribution in [-0.4, -0.2) is 16.5 Å². The van der Waals surface area contributed by atoms with Gasteiger partial charge in [-0.2, -0.15) is 0 Å². The predicted molar refractivity (Wildman–Crippen MR) is 76.4 cm³/mol. The molecule has 0 amide bonds. The standard InChI is InChI=1S/C13H14ClN3S/c1-2-8-15-11-4-3-5-13(17-11)18-12-7-6-10(14)9-16-12/h3-7,9H,2,8H2,1H3,(H,15,17). The van der Waals surface area contributed by atoms with Crippen LogP contribution in [0.3, 0.4) is 0 Å². The molecule has 2 rings (SSSR count). The van der Waals surface area contributed by atoms with Gasteiger partial charge >= 0.3 is 0 Å². The number of pyridine rings is 2. The first-order valence-electron chi connectivity index (χ1n) is 5.78. The van der Waals surface area contributed by atoms with Crippen LogP contribution in [0.1, 0.15) is 13.3 Å². The van der Waals surface area contributed by atoms with E-state index in [9.17, 15) is 0 Å². The van der Waals surface area contributed by atoms with Gasteiger partial charge in [-0.1, -0.05) is 36.4 Å². The fourth-order valence-corrected chi connectivity index (χ4v) is 2.21. The van der Waals surface area contributed by atoms with Gasteiger partial charge in [0, 0.05) is 12.7 Å². The highest BCUT2D eigenvalue weighted by Crippen LogP contribution is 2.25. The fourth-order valence-electron chi connectivity index (χ4n) is 1.35. The summed E-state index contributed by atoms with van der Waals surface area (Å²) in [5.41, 5.74) is 0. The number of nitrogens with one attached hydrogen (secondary N) is 1. The number of aromatic nitrogens is 2. The van der Waals surface area contributed by atoms with Crippen molar-refractivity contribution in [3.05, 3.63) is 41.6 Å². The highest BCUT2D eigenvalue weighted by molar-refractivity contribution is 7.99. The molecule has 0 saturated heterocycles. The monoisotopic (exact) mass is 279 g/mol. The highest BCUT2D eigenvalue weighted by atomic mass is 35.5. The minimum atomic E-state index is 0.644. The van der Waals surface area contributed by atoms with Crippen LogP contribution in [0.4, 0.5) is 5.82 Å². The summed E-state index contributed by atoms with van der Waals surface area (Å²) in [6, 6.07) is 9.65. The number of hydrogen-bond donors (Lipinski definition) is 1. The van der Waals surface area contributed by atoms with Crippen LogP contribution in [0.5, 0.6) is 0 Å². The average molecular weight is 280 g/mol. The van der Waals surface area contributed by atoms with Gasteiger partial charge in [-0.3, -0.25) is 0 Å². The molecule has 0 fully saturated rings. The molecule has 0 spiro atoms. The van der Waals surface area contributed by atoms with Crippen molar-refractivity contribution < 1.29 is 0 Å². The Morgan fingerprint density at radius 3 is 2.83 bits per heavy atom. The number of anilines is 1. The zero-order valence-corrected chi connectivity index (χ0v) is 11.6. The number of halogens is 1. The molecule has 2 heterocycles. The smallest absolute Gasteiger partial charge is 0.127 e. The molecule has 3 nitrogen and oxygen atoms in total. The minimum absolute atomic E-state index is 0.644. The molecule has 94 valence electrons. The summed E-state index contributed by atoms with van der Waals surface area (Å²) in [5, 5.41) is 5.72. The van der Waals surface area contributed by atoms with E-state index in [1.165, 1.54) is 11.8 Å². The maximum Gasteiger partial charge on any atom is 0.127 e. The molecule has 18 heavy (non-hydrogen) atoms. The van der Waals surface area contributed by atoms with E-state index in [2.05, 4.69) is 22.2 Å². The van der Waals surface area contributed by atoms with Gasteiger partial charge in [0.15, 0.2) is 0 Å². The molecule has 0 aliphatic carbocycles. The maximum atomic E-state index is 5.80. The van der Waals surface area contributed by atoms with Gasteiger partial charge in [-0.05, 0) is 30.7 Å². The first-order valence-corrected chi connectivity index (χ1v) is 6.97. The van der Waals surface area contributed by atoms with Crippen molar-refractivity contribution in [1.82, 2.24) is 9.97 Å². The van der Waals surface area contributed by atoms with E-state index >= 15 is 0 Å². The Balaban J connectivity index is 2.06. The third kappa shape index (κ3) is 3.89. The quantitative estimate of drug-likeness (QED) is 0.894. The van der Waals surface area contributed by atoms with Gasteiger partial charge in [-0.25, -0.2) is 9.97 Å². The topological polar surface area (TPSA) is 37.8 Å². The van der Waals surface area contributed by atoms with Gasteiger partial charge in [-0.15, -0.1) is 0 Å². The number of nitrogens with zero attached hydrogens (tertiary/aromatic N) is 2. The van der Waals surface area contributed by atoms with Crippen LogP contribution in [-0.2, 0) is 0 Å². The number of rotatable bonds is 5. The summed E-state index contributed by atoms with van der Waals surface area (Å²) in [6.45, 7) is 3.06. The second kappa shape index (κ2) is 6.61. The molecule has 0 radical (unpaired) electrons. The van der Waals surface area contributed by atoms with Crippen LogP contribution >= 0.6 is 23.4 Å². The molecular formula is C13H14ClN3S. The molecule has 2 aromatic heterocycles. The van der Waals surface area contributed by atoms with Crippen molar-refractivity contribution in [3.63, 3.8) is 0 Å². The van der Waals surface area contributed by atoms with Crippen molar-refractivity contribution in [3.8, 4) is 0 Å². The van der Waals surface area contributed by atoms with Crippen molar-refractivity contribution in [1.29, 1.82) is 0 Å². The van der Waals surface area contributed by atoms with E-state index in [1.807, 2.05) is 30.3 Å². The van der Waals surface area contributed by atoms with Gasteiger partial charge in [0.25, 0.3) is 0 Å². The lowest BCUT2D eigenvalue weighted by atomic mass is 10.4. The molecule has 0 bridgehead atoms. The van der Waals surface area contributed by atoms with Crippen LogP contribution in [0.25, 0.3) is 0 Å². The lowest BCUT2D eigenvalue weighted by Gasteiger charge is -2.05. The molecule has 0 saturated carbocycles. The van der Waals surface area contributed by atoms with Crippen molar-refractivity contribution in [2.24, 2.45) is 0 Å². The molecule has 0 unspecified atom stereocenters. The van der Waals surface area contributed by atoms with Crippen molar-refractivity contribution >= 4 is 29.2 Å². The highest BCUT2D eigenvalue weighted by Gasteiger charge is 2.01. The second-order valence-electron chi connectivity index (χ2n) is 3.70. The van der Waals surface area contributed by atoms with Gasteiger partial charge in [0.1, 0.15) is 15.9 Å². The first-order chi connectivity index (χ1) is 8.78. The van der Waals surface area contributed by atoms with E-state index in [1.54, 1.807) is 6.20 Å². The van der Waals surface area contributed by atoms with E-state index in [-0.39, 0.29) is 0 Å². The molecule has 0 aliphatic rings. The molecule has 0 atom stereocenters. The van der Waals surface area contributed by atoms with Crippen molar-refractivity contribution in [2.75, 3.05) is 11.9 Å². The summed E-state index contributed by atoms with van der Waals surface area (Å²) < 4.78 is 0. The predicted octanol–water partition coefficient (Wildman–Crippen LogP) is 4.10. The Bertz CT molecular complexity index is 502. The fraction of sp³-hybridized carbons (Fsp3) is 0.231. The Morgan fingerprint density at radius 2 is 2.11 bits per heavy atom. The summed E-state index contributed by atoms with van der Waals surface area (Å²) in [4.78, 5) is 8.74. The van der Waals surface area contributed by atoms with E-state index in [0.717, 1.165) is 28.8 Å². The Morgan fingerprint density at radius 1 is 1.22 bits per heavy atom. The zero-order valence-electron chi connectivity index (χ0n) is 10.1. The average Bonchev–Trinajstić information content (AvgIpc) is 2.40. The summed E-state index contributed by atoms with van der Waals surface area (Å²) >= 11 is 7.32. The third-order valence-corrected chi connectivity index (χ3v) is 3.30. The van der Waals surface area contributed by atoms with Crippen LogP contribution in [0.2, 0.25) is 5.02 Å². The Kier molecular flexibility index (Phi) is 4.84. The maximum absolute atomic E-state index is 5.80. The first kappa shape index (κ1) is 13.2. The second-order valence-corrected chi connectivity index (χ2v) is 5.18. The zero-order chi connectivity index (χ0) is 12.8. The van der Waals surface area contributed by atoms with Gasteiger partial charge in [0.2, 0.25) is 0 Å². The van der Waals surface area contributed by atoms with E-state index in [4.69, 9.17) is 11.6 Å². The summed E-state index contributed by atoms with van der Waals surface area (Å²) in [7, 11) is 0. The Hall–Kier alpha value is -1.26. The lowest BCUT2D eigenvalue weighted by molar-refractivity contribution is 0.959. The largest absolute Gasteiger partial charge is 0.370 e. The van der Waals surface area contributed by atoms with Gasteiger partial charge < -0.3 is 5.32 Å². The normalized spacial score (nSPS) is 10.3. The van der Waals surface area contributed by atoms with Crippen LogP contribution in [0.15, 0.2) is 46.6 Å². The van der Waals surface area contributed by atoms with E-state index in [0.29, 0.717) is 5.02 Å². The molecule has 5 heteroatoms. The Labute approximate surface area is 116 Å². The minimum Gasteiger partial charge on any atom is -0.370 e. The van der Waals surface area contributed by atoms with Crippen LogP contribution < -0.4 is 5.32 Å². The molecule has 2 aromatic rings. The van der Waals surface area contributed by atoms with Crippen molar-refractivity contribution in [2.45, 2.75) is 23.4 Å². The summed E-state index contributed by atoms with van der Waals surface area (Å²) in [5.74, 6) is 0.899. The lowest BCUT2D eigenvalue weighted by Crippen LogP contribution is -2.01. The van der Waals surface area contributed by atoms with Crippen LogP contribution in [0, 0.1) is 0 Å². The SMILES string of the molecule is CCCNc1cccc(Sc2ccc(Cl)cn2)n1. The molecular weight excluding hydrogens is 266 g/mol. The molecule has 0 aliphatic heterocycles. The summed E-state index contributed by atoms with van der Waals surface area (Å²) in [6.07, 6.45) is 2.72. The molecule has 1 N–H and O–H groups in total.